The number of methoxy groups -OCH3 is 1. The second kappa shape index (κ2) is 8.79. The molecule has 1 fully saturated rings. The zero-order chi connectivity index (χ0) is 20.1. The van der Waals surface area contributed by atoms with Gasteiger partial charge < -0.3 is 25.2 Å². The Morgan fingerprint density at radius 2 is 1.62 bits per heavy atom. The van der Waals surface area contributed by atoms with Crippen molar-refractivity contribution in [1.82, 2.24) is 14.9 Å². The number of hydrogen-bond donors (Lipinski definition) is 2. The monoisotopic (exact) mass is 390 g/mol. The van der Waals surface area contributed by atoms with Gasteiger partial charge in [0.2, 0.25) is 0 Å². The lowest BCUT2D eigenvalue weighted by molar-refractivity contribution is 0.312. The number of nitrogens with one attached hydrogen (secondary N) is 2. The van der Waals surface area contributed by atoms with Crippen LogP contribution in [0.1, 0.15) is 0 Å². The Morgan fingerprint density at radius 3 is 2.38 bits per heavy atom. The third kappa shape index (κ3) is 4.75. The van der Waals surface area contributed by atoms with Crippen LogP contribution in [-0.4, -0.2) is 55.2 Å². The van der Waals surface area contributed by atoms with Gasteiger partial charge in [0, 0.05) is 74.0 Å². The quantitative estimate of drug-likeness (QED) is 0.665. The van der Waals surface area contributed by atoms with Crippen LogP contribution in [0, 0.1) is 0 Å². The number of nitrogens with zero attached hydrogens (tertiary/aromatic N) is 4. The highest BCUT2D eigenvalue weighted by Gasteiger charge is 2.16. The Hall–Kier alpha value is -3.32. The second-order valence-corrected chi connectivity index (χ2v) is 7.09. The Bertz CT molecular complexity index is 941. The first kappa shape index (κ1) is 19.0. The molecule has 0 atom stereocenters. The van der Waals surface area contributed by atoms with Crippen molar-refractivity contribution < 1.29 is 4.74 Å². The van der Waals surface area contributed by atoms with Crippen molar-refractivity contribution in [3.05, 3.63) is 61.1 Å². The Balaban J connectivity index is 1.49. The first-order valence-electron chi connectivity index (χ1n) is 9.73. The van der Waals surface area contributed by atoms with Gasteiger partial charge >= 0.3 is 0 Å². The van der Waals surface area contributed by atoms with Gasteiger partial charge in [0.25, 0.3) is 0 Å². The van der Waals surface area contributed by atoms with Crippen LogP contribution in [0.25, 0.3) is 0 Å². The smallest absolute Gasteiger partial charge is 0.144 e. The standard InChI is InChI=1S/C22H26N6O/c1-27-11-13-28(14-12-27)19-3-4-20(21(16-19)29-2)26-22-15-18(7-10-24-22)25-17-5-8-23-9-6-17/h3-10,15-16H,11-14H2,1-2H3,(H2,23,24,25,26). The molecule has 3 heterocycles. The fourth-order valence-corrected chi connectivity index (χ4v) is 3.36. The predicted octanol–water partition coefficient (Wildman–Crippen LogP) is 3.72. The Labute approximate surface area is 171 Å². The predicted molar refractivity (Wildman–Crippen MR) is 118 cm³/mol. The average Bonchev–Trinajstić information content (AvgIpc) is 2.76. The van der Waals surface area contributed by atoms with Crippen molar-refractivity contribution in [2.75, 3.05) is 55.9 Å². The topological polar surface area (TPSA) is 65.6 Å². The van der Waals surface area contributed by atoms with E-state index >= 15 is 0 Å². The van der Waals surface area contributed by atoms with Crippen molar-refractivity contribution in [3.63, 3.8) is 0 Å². The summed E-state index contributed by atoms with van der Waals surface area (Å²) >= 11 is 0. The van der Waals surface area contributed by atoms with Gasteiger partial charge in [-0.1, -0.05) is 0 Å². The molecular weight excluding hydrogens is 364 g/mol. The Kier molecular flexibility index (Phi) is 5.76. The first-order chi connectivity index (χ1) is 14.2. The van der Waals surface area contributed by atoms with Gasteiger partial charge in [-0.05, 0) is 37.4 Å². The lowest BCUT2D eigenvalue weighted by Gasteiger charge is -2.34. The summed E-state index contributed by atoms with van der Waals surface area (Å²) < 4.78 is 5.65. The molecule has 0 unspecified atom stereocenters. The van der Waals surface area contributed by atoms with Crippen molar-refractivity contribution in [1.29, 1.82) is 0 Å². The van der Waals surface area contributed by atoms with Gasteiger partial charge in [-0.3, -0.25) is 4.98 Å². The molecule has 0 bridgehead atoms. The van der Waals surface area contributed by atoms with Crippen molar-refractivity contribution in [2.45, 2.75) is 0 Å². The van der Waals surface area contributed by atoms with E-state index in [1.807, 2.05) is 24.3 Å². The highest BCUT2D eigenvalue weighted by Crippen LogP contribution is 2.32. The third-order valence-electron chi connectivity index (χ3n) is 5.05. The molecule has 2 N–H and O–H groups in total. The van der Waals surface area contributed by atoms with Crippen LogP contribution in [0.4, 0.5) is 28.6 Å². The number of piperazine rings is 1. The molecule has 29 heavy (non-hydrogen) atoms. The van der Waals surface area contributed by atoms with Gasteiger partial charge in [-0.2, -0.15) is 0 Å². The number of likely N-dealkylation sites (N-methyl/N-ethyl adjacent to an activating group) is 1. The molecule has 0 saturated carbocycles. The number of aromatic nitrogens is 2. The minimum Gasteiger partial charge on any atom is -0.494 e. The summed E-state index contributed by atoms with van der Waals surface area (Å²) in [6.45, 7) is 4.19. The van der Waals surface area contributed by atoms with Crippen molar-refractivity contribution in [2.24, 2.45) is 0 Å². The van der Waals surface area contributed by atoms with E-state index in [1.54, 1.807) is 25.7 Å². The first-order valence-corrected chi connectivity index (χ1v) is 9.73. The number of rotatable bonds is 6. The van der Waals surface area contributed by atoms with Crippen LogP contribution >= 0.6 is 0 Å². The second-order valence-electron chi connectivity index (χ2n) is 7.09. The number of anilines is 5. The fraction of sp³-hybridized carbons (Fsp3) is 0.273. The molecule has 0 amide bonds. The summed E-state index contributed by atoms with van der Waals surface area (Å²) in [5, 5.41) is 6.72. The van der Waals surface area contributed by atoms with Crippen molar-refractivity contribution >= 4 is 28.6 Å². The van der Waals surface area contributed by atoms with Gasteiger partial charge in [0.15, 0.2) is 0 Å². The van der Waals surface area contributed by atoms with E-state index in [9.17, 15) is 0 Å². The molecule has 7 heteroatoms. The van der Waals surface area contributed by atoms with Crippen LogP contribution in [0.5, 0.6) is 5.75 Å². The maximum absolute atomic E-state index is 5.65. The van der Waals surface area contributed by atoms with Crippen LogP contribution in [0.3, 0.4) is 0 Å². The van der Waals surface area contributed by atoms with E-state index in [0.29, 0.717) is 0 Å². The van der Waals surface area contributed by atoms with E-state index in [4.69, 9.17) is 4.74 Å². The molecule has 150 valence electrons. The molecule has 3 aromatic rings. The minimum atomic E-state index is 0.745. The summed E-state index contributed by atoms with van der Waals surface area (Å²) in [7, 11) is 3.86. The normalized spacial score (nSPS) is 14.5. The van der Waals surface area contributed by atoms with E-state index in [2.05, 4.69) is 55.6 Å². The SMILES string of the molecule is COc1cc(N2CCN(C)CC2)ccc1Nc1cc(Nc2ccncc2)ccn1. The third-order valence-corrected chi connectivity index (χ3v) is 5.05. The molecule has 0 aliphatic carbocycles. The molecule has 2 aromatic heterocycles. The van der Waals surface area contributed by atoms with Gasteiger partial charge in [-0.25, -0.2) is 4.98 Å². The molecule has 0 radical (unpaired) electrons. The minimum absolute atomic E-state index is 0.745. The highest BCUT2D eigenvalue weighted by molar-refractivity contribution is 5.71. The molecule has 4 rings (SSSR count). The molecule has 0 spiro atoms. The van der Waals surface area contributed by atoms with Gasteiger partial charge in [0.05, 0.1) is 12.8 Å². The van der Waals surface area contributed by atoms with Crippen molar-refractivity contribution in [3.8, 4) is 5.75 Å². The maximum atomic E-state index is 5.65. The summed E-state index contributed by atoms with van der Waals surface area (Å²) in [6.07, 6.45) is 5.29. The van der Waals surface area contributed by atoms with E-state index < -0.39 is 0 Å². The molecular formula is C22H26N6O. The summed E-state index contributed by atoms with van der Waals surface area (Å²) in [5.41, 5.74) is 3.99. The summed E-state index contributed by atoms with van der Waals surface area (Å²) in [6, 6.07) is 14.0. The molecule has 7 nitrogen and oxygen atoms in total. The maximum Gasteiger partial charge on any atom is 0.144 e. The zero-order valence-corrected chi connectivity index (χ0v) is 16.8. The fourth-order valence-electron chi connectivity index (χ4n) is 3.36. The lowest BCUT2D eigenvalue weighted by atomic mass is 10.2. The lowest BCUT2D eigenvalue weighted by Crippen LogP contribution is -2.44. The number of pyridine rings is 2. The van der Waals surface area contributed by atoms with E-state index in [1.165, 1.54) is 5.69 Å². The molecule has 1 aliphatic heterocycles. The number of benzene rings is 1. The van der Waals surface area contributed by atoms with Gasteiger partial charge in [-0.15, -0.1) is 0 Å². The highest BCUT2D eigenvalue weighted by atomic mass is 16.5. The number of hydrogen-bond acceptors (Lipinski definition) is 7. The summed E-state index contributed by atoms with van der Waals surface area (Å²) in [4.78, 5) is 13.2. The van der Waals surface area contributed by atoms with Crippen LogP contribution < -0.4 is 20.3 Å². The number of ether oxygens (including phenoxy) is 1. The largest absolute Gasteiger partial charge is 0.494 e. The van der Waals surface area contributed by atoms with Gasteiger partial charge in [0.1, 0.15) is 11.6 Å². The molecule has 1 saturated heterocycles. The average molecular weight is 390 g/mol. The Morgan fingerprint density at radius 1 is 0.862 bits per heavy atom. The van der Waals surface area contributed by atoms with Crippen LogP contribution in [0.15, 0.2) is 61.1 Å². The van der Waals surface area contributed by atoms with E-state index in [0.717, 1.165) is 54.8 Å². The zero-order valence-electron chi connectivity index (χ0n) is 16.8. The molecule has 1 aliphatic rings. The van der Waals surface area contributed by atoms with E-state index in [-0.39, 0.29) is 0 Å². The summed E-state index contributed by atoms with van der Waals surface area (Å²) in [5.74, 6) is 1.55. The van der Waals surface area contributed by atoms with Crippen LogP contribution in [-0.2, 0) is 0 Å². The molecule has 1 aromatic carbocycles. The van der Waals surface area contributed by atoms with Crippen LogP contribution in [0.2, 0.25) is 0 Å².